The number of aliphatic hydroxyl groups is 1. The Balaban J connectivity index is 3.33. The first-order chi connectivity index (χ1) is 5.52. The summed E-state index contributed by atoms with van der Waals surface area (Å²) in [5.41, 5.74) is 0. The molecule has 0 aliphatic carbocycles. The van der Waals surface area contributed by atoms with Crippen molar-refractivity contribution in [2.45, 2.75) is 25.9 Å². The second-order valence-electron chi connectivity index (χ2n) is 3.08. The predicted molar refractivity (Wildman–Crippen MR) is 46.0 cm³/mol. The number of aliphatic carboxylic acids is 1. The van der Waals surface area contributed by atoms with Gasteiger partial charge in [0.25, 0.3) is 0 Å². The first-order valence-electron chi connectivity index (χ1n) is 4.10. The molecule has 0 spiro atoms. The van der Waals surface area contributed by atoms with Crippen LogP contribution in [-0.2, 0) is 4.79 Å². The summed E-state index contributed by atoms with van der Waals surface area (Å²) < 4.78 is 0. The molecule has 4 heteroatoms. The van der Waals surface area contributed by atoms with Gasteiger partial charge in [0.15, 0.2) is 0 Å². The summed E-state index contributed by atoms with van der Waals surface area (Å²) in [6.45, 7) is 3.01. The average Bonchev–Trinajstić information content (AvgIpc) is 1.96. The number of carboxylic acids is 1. The SMILES string of the molecule is CC(O)CCN(C)CCC(=O)O. The molecule has 0 heterocycles. The first kappa shape index (κ1) is 11.4. The molecule has 0 rings (SSSR count). The van der Waals surface area contributed by atoms with Crippen molar-refractivity contribution >= 4 is 5.97 Å². The van der Waals surface area contributed by atoms with Gasteiger partial charge in [-0.2, -0.15) is 0 Å². The molecule has 72 valence electrons. The summed E-state index contributed by atoms with van der Waals surface area (Å²) >= 11 is 0. The maximum absolute atomic E-state index is 10.2. The average molecular weight is 175 g/mol. The quantitative estimate of drug-likeness (QED) is 0.604. The third-order valence-electron chi connectivity index (χ3n) is 1.64. The Bertz CT molecular complexity index is 136. The van der Waals surface area contributed by atoms with Crippen LogP contribution in [-0.4, -0.2) is 47.3 Å². The highest BCUT2D eigenvalue weighted by Crippen LogP contribution is 1.94. The van der Waals surface area contributed by atoms with Crippen LogP contribution in [0, 0.1) is 0 Å². The van der Waals surface area contributed by atoms with Crippen LogP contribution in [0.2, 0.25) is 0 Å². The van der Waals surface area contributed by atoms with Crippen LogP contribution in [0.25, 0.3) is 0 Å². The molecule has 0 aliphatic rings. The van der Waals surface area contributed by atoms with E-state index in [1.807, 2.05) is 11.9 Å². The summed E-state index contributed by atoms with van der Waals surface area (Å²) in [7, 11) is 1.85. The van der Waals surface area contributed by atoms with Gasteiger partial charge in [-0.1, -0.05) is 0 Å². The van der Waals surface area contributed by atoms with E-state index in [1.54, 1.807) is 6.92 Å². The van der Waals surface area contributed by atoms with E-state index in [-0.39, 0.29) is 12.5 Å². The maximum atomic E-state index is 10.2. The minimum Gasteiger partial charge on any atom is -0.481 e. The lowest BCUT2D eigenvalue weighted by atomic mass is 10.2. The van der Waals surface area contributed by atoms with E-state index in [9.17, 15) is 4.79 Å². The lowest BCUT2D eigenvalue weighted by molar-refractivity contribution is -0.137. The number of nitrogens with zero attached hydrogens (tertiary/aromatic N) is 1. The van der Waals surface area contributed by atoms with Crippen molar-refractivity contribution in [3.8, 4) is 0 Å². The van der Waals surface area contributed by atoms with E-state index in [1.165, 1.54) is 0 Å². The van der Waals surface area contributed by atoms with Crippen LogP contribution in [0.15, 0.2) is 0 Å². The molecule has 0 amide bonds. The zero-order chi connectivity index (χ0) is 9.56. The Morgan fingerprint density at radius 3 is 2.50 bits per heavy atom. The van der Waals surface area contributed by atoms with E-state index < -0.39 is 5.97 Å². The molecule has 12 heavy (non-hydrogen) atoms. The molecule has 0 radical (unpaired) electrons. The standard InChI is InChI=1S/C8H17NO3/c1-7(10)3-5-9(2)6-4-8(11)12/h7,10H,3-6H2,1-2H3,(H,11,12). The van der Waals surface area contributed by atoms with Gasteiger partial charge >= 0.3 is 5.97 Å². The summed E-state index contributed by atoms with van der Waals surface area (Å²) in [6.07, 6.45) is 0.546. The largest absolute Gasteiger partial charge is 0.481 e. The molecule has 0 aromatic carbocycles. The van der Waals surface area contributed by atoms with Crippen LogP contribution in [0.3, 0.4) is 0 Å². The Morgan fingerprint density at radius 2 is 2.08 bits per heavy atom. The van der Waals surface area contributed by atoms with Crippen molar-refractivity contribution < 1.29 is 15.0 Å². The molecule has 4 nitrogen and oxygen atoms in total. The number of rotatable bonds is 6. The summed E-state index contributed by atoms with van der Waals surface area (Å²) in [6, 6.07) is 0. The van der Waals surface area contributed by atoms with Gasteiger partial charge in [0, 0.05) is 13.1 Å². The van der Waals surface area contributed by atoms with Crippen LogP contribution in [0.5, 0.6) is 0 Å². The van der Waals surface area contributed by atoms with Crippen molar-refractivity contribution in [2.75, 3.05) is 20.1 Å². The third kappa shape index (κ3) is 7.50. The molecule has 0 aromatic rings. The molecule has 1 atom stereocenters. The molecular formula is C8H17NO3. The molecule has 0 aliphatic heterocycles. The fourth-order valence-electron chi connectivity index (χ4n) is 0.806. The Hall–Kier alpha value is -0.610. The van der Waals surface area contributed by atoms with Gasteiger partial charge in [0.2, 0.25) is 0 Å². The lowest BCUT2D eigenvalue weighted by Gasteiger charge is -2.15. The lowest BCUT2D eigenvalue weighted by Crippen LogP contribution is -2.25. The zero-order valence-corrected chi connectivity index (χ0v) is 7.66. The minimum atomic E-state index is -0.779. The molecule has 0 fully saturated rings. The van der Waals surface area contributed by atoms with Crippen LogP contribution in [0.1, 0.15) is 19.8 Å². The Kier molecular flexibility index (Phi) is 5.66. The van der Waals surface area contributed by atoms with Gasteiger partial charge in [-0.15, -0.1) is 0 Å². The van der Waals surface area contributed by atoms with E-state index in [4.69, 9.17) is 10.2 Å². The molecule has 0 bridgehead atoms. The second kappa shape index (κ2) is 5.97. The number of hydrogen-bond acceptors (Lipinski definition) is 3. The predicted octanol–water partition coefficient (Wildman–Crippen LogP) is 0.164. The topological polar surface area (TPSA) is 60.8 Å². The van der Waals surface area contributed by atoms with E-state index in [0.29, 0.717) is 13.0 Å². The maximum Gasteiger partial charge on any atom is 0.304 e. The van der Waals surface area contributed by atoms with Crippen molar-refractivity contribution in [1.82, 2.24) is 4.90 Å². The molecule has 1 unspecified atom stereocenters. The number of carboxylic acid groups (broad SMARTS) is 1. The van der Waals surface area contributed by atoms with Gasteiger partial charge in [0.1, 0.15) is 0 Å². The number of hydrogen-bond donors (Lipinski definition) is 2. The van der Waals surface area contributed by atoms with Crippen LogP contribution >= 0.6 is 0 Å². The smallest absolute Gasteiger partial charge is 0.304 e. The highest BCUT2D eigenvalue weighted by Gasteiger charge is 2.03. The minimum absolute atomic E-state index is 0.163. The molecule has 0 saturated carbocycles. The zero-order valence-electron chi connectivity index (χ0n) is 7.66. The number of carbonyl (C=O) groups is 1. The van der Waals surface area contributed by atoms with Crippen LogP contribution < -0.4 is 0 Å². The van der Waals surface area contributed by atoms with Gasteiger partial charge < -0.3 is 15.1 Å². The molecular weight excluding hydrogens is 158 g/mol. The highest BCUT2D eigenvalue weighted by atomic mass is 16.4. The van der Waals surface area contributed by atoms with Crippen LogP contribution in [0.4, 0.5) is 0 Å². The Morgan fingerprint density at radius 1 is 1.50 bits per heavy atom. The van der Waals surface area contributed by atoms with E-state index in [0.717, 1.165) is 6.54 Å². The van der Waals surface area contributed by atoms with E-state index in [2.05, 4.69) is 0 Å². The van der Waals surface area contributed by atoms with Crippen molar-refractivity contribution in [3.63, 3.8) is 0 Å². The first-order valence-corrected chi connectivity index (χ1v) is 4.10. The monoisotopic (exact) mass is 175 g/mol. The molecule has 2 N–H and O–H groups in total. The van der Waals surface area contributed by atoms with E-state index >= 15 is 0 Å². The third-order valence-corrected chi connectivity index (χ3v) is 1.64. The second-order valence-corrected chi connectivity index (χ2v) is 3.08. The summed E-state index contributed by atoms with van der Waals surface area (Å²) in [5.74, 6) is -0.779. The highest BCUT2D eigenvalue weighted by molar-refractivity contribution is 5.66. The van der Waals surface area contributed by atoms with Gasteiger partial charge in [-0.05, 0) is 20.4 Å². The van der Waals surface area contributed by atoms with Crippen molar-refractivity contribution in [3.05, 3.63) is 0 Å². The fraction of sp³-hybridized carbons (Fsp3) is 0.875. The Labute approximate surface area is 72.8 Å². The van der Waals surface area contributed by atoms with Gasteiger partial charge in [0.05, 0.1) is 12.5 Å². The molecule has 0 aromatic heterocycles. The number of aliphatic hydroxyl groups excluding tert-OH is 1. The normalized spacial score (nSPS) is 13.3. The van der Waals surface area contributed by atoms with Crippen molar-refractivity contribution in [2.24, 2.45) is 0 Å². The van der Waals surface area contributed by atoms with Crippen molar-refractivity contribution in [1.29, 1.82) is 0 Å². The summed E-state index contributed by atoms with van der Waals surface area (Å²) in [5, 5.41) is 17.3. The van der Waals surface area contributed by atoms with Gasteiger partial charge in [-0.3, -0.25) is 4.79 Å². The molecule has 0 saturated heterocycles. The summed E-state index contributed by atoms with van der Waals surface area (Å²) in [4.78, 5) is 12.1. The fourth-order valence-corrected chi connectivity index (χ4v) is 0.806. The van der Waals surface area contributed by atoms with Gasteiger partial charge in [-0.25, -0.2) is 0 Å².